The minimum atomic E-state index is -0.116. The van der Waals surface area contributed by atoms with Gasteiger partial charge in [-0.2, -0.15) is 0 Å². The molecule has 21 heavy (non-hydrogen) atoms. The van der Waals surface area contributed by atoms with Gasteiger partial charge in [-0.25, -0.2) is 0 Å². The number of rotatable bonds is 4. The van der Waals surface area contributed by atoms with E-state index in [1.54, 1.807) is 14.0 Å². The molecule has 0 atom stereocenters. The Balaban J connectivity index is 2.16. The second-order valence-corrected chi connectivity index (χ2v) is 4.87. The van der Waals surface area contributed by atoms with Crippen LogP contribution in [-0.4, -0.2) is 13.0 Å². The number of aryl methyl sites for hydroxylation is 1. The zero-order valence-corrected chi connectivity index (χ0v) is 12.5. The van der Waals surface area contributed by atoms with E-state index in [0.717, 1.165) is 22.6 Å². The average Bonchev–Trinajstić information content (AvgIpc) is 2.50. The summed E-state index contributed by atoms with van der Waals surface area (Å²) in [6.45, 7) is 3.75. The summed E-state index contributed by atoms with van der Waals surface area (Å²) in [5.74, 6) is 0.607. The van der Waals surface area contributed by atoms with Crippen molar-refractivity contribution in [1.29, 1.82) is 0 Å². The van der Waals surface area contributed by atoms with Crippen molar-refractivity contribution in [3.63, 3.8) is 0 Å². The number of methoxy groups -OCH3 is 1. The molecule has 2 aromatic carbocycles. The summed E-state index contributed by atoms with van der Waals surface area (Å²) in [6, 6.07) is 15.4. The lowest BCUT2D eigenvalue weighted by molar-refractivity contribution is -0.112. The van der Waals surface area contributed by atoms with Crippen molar-refractivity contribution in [2.45, 2.75) is 13.8 Å². The molecular formula is C18H19NO2. The van der Waals surface area contributed by atoms with Crippen LogP contribution in [0.5, 0.6) is 5.75 Å². The van der Waals surface area contributed by atoms with Crippen molar-refractivity contribution < 1.29 is 9.53 Å². The Bertz CT molecular complexity index is 660. The van der Waals surface area contributed by atoms with Crippen molar-refractivity contribution in [3.05, 3.63) is 65.2 Å². The van der Waals surface area contributed by atoms with Gasteiger partial charge in [0, 0.05) is 17.3 Å². The number of anilines is 1. The second kappa shape index (κ2) is 6.75. The Morgan fingerprint density at radius 2 is 1.86 bits per heavy atom. The SMILES string of the molecule is COc1ccc(C)c(NC(=O)/C(C)=C/c2ccccc2)c1. The fourth-order valence-electron chi connectivity index (χ4n) is 1.95. The van der Waals surface area contributed by atoms with E-state index in [-0.39, 0.29) is 5.91 Å². The van der Waals surface area contributed by atoms with Crippen LogP contribution in [0.25, 0.3) is 6.08 Å². The first kappa shape index (κ1) is 14.9. The Morgan fingerprint density at radius 1 is 1.14 bits per heavy atom. The third-order valence-corrected chi connectivity index (χ3v) is 3.23. The third-order valence-electron chi connectivity index (χ3n) is 3.23. The molecule has 0 radical (unpaired) electrons. The van der Waals surface area contributed by atoms with Crippen LogP contribution in [0.15, 0.2) is 54.1 Å². The lowest BCUT2D eigenvalue weighted by Gasteiger charge is -2.10. The molecule has 0 bridgehead atoms. The van der Waals surface area contributed by atoms with E-state index in [2.05, 4.69) is 5.32 Å². The fourth-order valence-corrected chi connectivity index (χ4v) is 1.95. The third kappa shape index (κ3) is 3.96. The number of benzene rings is 2. The monoisotopic (exact) mass is 281 g/mol. The van der Waals surface area contributed by atoms with Gasteiger partial charge in [0.15, 0.2) is 0 Å². The molecule has 0 spiro atoms. The van der Waals surface area contributed by atoms with Gasteiger partial charge in [-0.3, -0.25) is 4.79 Å². The van der Waals surface area contributed by atoms with E-state index in [1.165, 1.54) is 0 Å². The number of hydrogen-bond acceptors (Lipinski definition) is 2. The lowest BCUT2D eigenvalue weighted by Crippen LogP contribution is -2.13. The molecule has 3 nitrogen and oxygen atoms in total. The molecule has 1 amide bonds. The maximum Gasteiger partial charge on any atom is 0.251 e. The van der Waals surface area contributed by atoms with Gasteiger partial charge in [0.25, 0.3) is 5.91 Å². The van der Waals surface area contributed by atoms with E-state index in [4.69, 9.17) is 4.74 Å². The molecule has 0 fully saturated rings. The molecule has 0 heterocycles. The smallest absolute Gasteiger partial charge is 0.251 e. The van der Waals surface area contributed by atoms with E-state index in [0.29, 0.717) is 5.57 Å². The average molecular weight is 281 g/mol. The maximum atomic E-state index is 12.2. The first-order chi connectivity index (χ1) is 10.1. The van der Waals surface area contributed by atoms with Gasteiger partial charge in [-0.1, -0.05) is 36.4 Å². The predicted octanol–water partition coefficient (Wildman–Crippen LogP) is 4.05. The van der Waals surface area contributed by atoms with E-state index >= 15 is 0 Å². The van der Waals surface area contributed by atoms with Crippen LogP contribution in [-0.2, 0) is 4.79 Å². The highest BCUT2D eigenvalue weighted by atomic mass is 16.5. The molecule has 0 aliphatic heterocycles. The molecule has 0 saturated carbocycles. The largest absolute Gasteiger partial charge is 0.497 e. The van der Waals surface area contributed by atoms with Crippen molar-refractivity contribution >= 4 is 17.7 Å². The molecule has 1 N–H and O–H groups in total. The summed E-state index contributed by atoms with van der Waals surface area (Å²) >= 11 is 0. The van der Waals surface area contributed by atoms with Crippen LogP contribution < -0.4 is 10.1 Å². The lowest BCUT2D eigenvalue weighted by atomic mass is 10.1. The van der Waals surface area contributed by atoms with Gasteiger partial charge in [-0.15, -0.1) is 0 Å². The fraction of sp³-hybridized carbons (Fsp3) is 0.167. The van der Waals surface area contributed by atoms with E-state index in [1.807, 2.05) is 61.5 Å². The number of amides is 1. The molecule has 0 saturated heterocycles. The maximum absolute atomic E-state index is 12.2. The molecular weight excluding hydrogens is 262 g/mol. The summed E-state index contributed by atoms with van der Waals surface area (Å²) in [5.41, 5.74) is 3.42. The van der Waals surface area contributed by atoms with Gasteiger partial charge < -0.3 is 10.1 Å². The number of hydrogen-bond donors (Lipinski definition) is 1. The quantitative estimate of drug-likeness (QED) is 0.859. The van der Waals surface area contributed by atoms with Gasteiger partial charge in [0.2, 0.25) is 0 Å². The summed E-state index contributed by atoms with van der Waals surface area (Å²) in [4.78, 5) is 12.2. The molecule has 0 aliphatic rings. The van der Waals surface area contributed by atoms with E-state index < -0.39 is 0 Å². The predicted molar refractivity (Wildman–Crippen MR) is 86.5 cm³/mol. The summed E-state index contributed by atoms with van der Waals surface area (Å²) in [6.07, 6.45) is 1.87. The number of carbonyl (C=O) groups excluding carboxylic acids is 1. The first-order valence-corrected chi connectivity index (χ1v) is 6.79. The number of carbonyl (C=O) groups is 1. The highest BCUT2D eigenvalue weighted by Crippen LogP contribution is 2.22. The Hall–Kier alpha value is -2.55. The Morgan fingerprint density at radius 3 is 2.52 bits per heavy atom. The van der Waals surface area contributed by atoms with Crippen LogP contribution in [0.1, 0.15) is 18.1 Å². The van der Waals surface area contributed by atoms with Gasteiger partial charge in [0.05, 0.1) is 7.11 Å². The van der Waals surface area contributed by atoms with Crippen molar-refractivity contribution in [3.8, 4) is 5.75 Å². The van der Waals surface area contributed by atoms with Crippen molar-refractivity contribution in [2.75, 3.05) is 12.4 Å². The normalized spacial score (nSPS) is 11.1. The number of nitrogens with one attached hydrogen (secondary N) is 1. The van der Waals surface area contributed by atoms with E-state index in [9.17, 15) is 4.79 Å². The summed E-state index contributed by atoms with van der Waals surface area (Å²) in [5, 5.41) is 2.92. The van der Waals surface area contributed by atoms with Gasteiger partial charge in [-0.05, 0) is 37.1 Å². The zero-order chi connectivity index (χ0) is 15.2. The zero-order valence-electron chi connectivity index (χ0n) is 12.5. The molecule has 0 aromatic heterocycles. The molecule has 2 aromatic rings. The van der Waals surface area contributed by atoms with Crippen LogP contribution in [0.2, 0.25) is 0 Å². The summed E-state index contributed by atoms with van der Waals surface area (Å²) in [7, 11) is 1.61. The van der Waals surface area contributed by atoms with Crippen molar-refractivity contribution in [2.24, 2.45) is 0 Å². The minimum Gasteiger partial charge on any atom is -0.497 e. The highest BCUT2D eigenvalue weighted by molar-refractivity contribution is 6.06. The Kier molecular flexibility index (Phi) is 4.77. The summed E-state index contributed by atoms with van der Waals surface area (Å²) < 4.78 is 5.18. The topological polar surface area (TPSA) is 38.3 Å². The van der Waals surface area contributed by atoms with Crippen LogP contribution in [0.4, 0.5) is 5.69 Å². The van der Waals surface area contributed by atoms with Crippen molar-refractivity contribution in [1.82, 2.24) is 0 Å². The van der Waals surface area contributed by atoms with Crippen LogP contribution in [0, 0.1) is 6.92 Å². The Labute approximate surface area is 125 Å². The molecule has 3 heteroatoms. The first-order valence-electron chi connectivity index (χ1n) is 6.79. The number of ether oxygens (including phenoxy) is 1. The minimum absolute atomic E-state index is 0.116. The van der Waals surface area contributed by atoms with Crippen LogP contribution >= 0.6 is 0 Å². The standard InChI is InChI=1S/C18H19NO2/c1-13-9-10-16(21-3)12-17(13)19-18(20)14(2)11-15-7-5-4-6-8-15/h4-12H,1-3H3,(H,19,20)/b14-11+. The highest BCUT2D eigenvalue weighted by Gasteiger charge is 2.08. The van der Waals surface area contributed by atoms with Gasteiger partial charge in [0.1, 0.15) is 5.75 Å². The second-order valence-electron chi connectivity index (χ2n) is 4.87. The molecule has 0 unspecified atom stereocenters. The van der Waals surface area contributed by atoms with Crippen LogP contribution in [0.3, 0.4) is 0 Å². The van der Waals surface area contributed by atoms with Gasteiger partial charge >= 0.3 is 0 Å². The molecule has 108 valence electrons. The molecule has 2 rings (SSSR count). The molecule has 0 aliphatic carbocycles.